The van der Waals surface area contributed by atoms with E-state index in [1.165, 1.54) is 5.69 Å². The Morgan fingerprint density at radius 1 is 1.16 bits per heavy atom. The molecule has 1 aliphatic rings. The predicted molar refractivity (Wildman–Crippen MR) is 104 cm³/mol. The average Bonchev–Trinajstić information content (AvgIpc) is 3.32. The Kier molecular flexibility index (Phi) is 5.09. The van der Waals surface area contributed by atoms with Gasteiger partial charge < -0.3 is 0 Å². The van der Waals surface area contributed by atoms with E-state index >= 15 is 0 Å². The summed E-state index contributed by atoms with van der Waals surface area (Å²) in [4.78, 5) is 15.0. The van der Waals surface area contributed by atoms with Gasteiger partial charge in [0.25, 0.3) is 0 Å². The van der Waals surface area contributed by atoms with Gasteiger partial charge in [-0.2, -0.15) is 4.98 Å². The average molecular weight is 393 g/mol. The van der Waals surface area contributed by atoms with Gasteiger partial charge >= 0.3 is 0 Å². The molecule has 1 N–H and O–H groups in total. The molecule has 0 aliphatic carbocycles. The van der Waals surface area contributed by atoms with E-state index in [-0.39, 0.29) is 0 Å². The molecule has 9 heteroatoms. The van der Waals surface area contributed by atoms with Crippen LogP contribution in [0.5, 0.6) is 0 Å². The maximum Gasteiger partial charge on any atom is 0.217 e. The molecule has 4 heterocycles. The van der Waals surface area contributed by atoms with Crippen molar-refractivity contribution in [2.75, 3.05) is 26.2 Å². The van der Waals surface area contributed by atoms with Crippen molar-refractivity contribution in [1.82, 2.24) is 29.5 Å². The Morgan fingerprint density at radius 3 is 2.64 bits per heavy atom. The minimum absolute atomic E-state index is 0.615. The van der Waals surface area contributed by atoms with Crippen molar-refractivity contribution in [3.8, 4) is 10.7 Å². The first-order valence-corrected chi connectivity index (χ1v) is 10.4. The number of piperazine rings is 1. The molecule has 0 radical (unpaired) electrons. The summed E-state index contributed by atoms with van der Waals surface area (Å²) in [5.41, 5.74) is 1.19. The third kappa shape index (κ3) is 4.06. The van der Waals surface area contributed by atoms with Crippen LogP contribution in [0.25, 0.3) is 10.7 Å². The highest BCUT2D eigenvalue weighted by atomic mass is 32.1. The number of nitrogens with one attached hydrogen (secondary N) is 1. The monoisotopic (exact) mass is 392 g/mol. The van der Waals surface area contributed by atoms with Gasteiger partial charge in [-0.05, 0) is 30.6 Å². The summed E-state index contributed by atoms with van der Waals surface area (Å²) in [6.45, 7) is 7.93. The predicted octanol–water partition coefficient (Wildman–Crippen LogP) is 3.21. The van der Waals surface area contributed by atoms with Gasteiger partial charge in [-0.1, -0.05) is 6.07 Å². The third-order valence-electron chi connectivity index (χ3n) is 4.29. The number of hydrogen-bond acceptors (Lipinski definition) is 7. The molecule has 1 saturated heterocycles. The van der Waals surface area contributed by atoms with Crippen LogP contribution >= 0.6 is 34.9 Å². The van der Waals surface area contributed by atoms with Gasteiger partial charge in [-0.25, -0.2) is 9.67 Å². The van der Waals surface area contributed by atoms with Gasteiger partial charge in [0.1, 0.15) is 0 Å². The topological polar surface area (TPSA) is 53.0 Å². The summed E-state index contributed by atoms with van der Waals surface area (Å²) < 4.78 is 2.58. The zero-order chi connectivity index (χ0) is 17.2. The van der Waals surface area contributed by atoms with Crippen LogP contribution in [-0.4, -0.2) is 55.7 Å². The van der Waals surface area contributed by atoms with Gasteiger partial charge in [-0.3, -0.25) is 14.9 Å². The second-order valence-corrected chi connectivity index (χ2v) is 8.53. The normalized spacial score (nSPS) is 16.5. The molecule has 1 aliphatic heterocycles. The molecule has 3 aromatic heterocycles. The molecule has 0 bridgehead atoms. The molecule has 0 saturated carbocycles. The van der Waals surface area contributed by atoms with Crippen molar-refractivity contribution in [3.63, 3.8) is 0 Å². The van der Waals surface area contributed by atoms with Crippen molar-refractivity contribution in [3.05, 3.63) is 38.4 Å². The van der Waals surface area contributed by atoms with Crippen LogP contribution in [0.2, 0.25) is 0 Å². The number of aromatic amines is 1. The lowest BCUT2D eigenvalue weighted by Crippen LogP contribution is -2.46. The summed E-state index contributed by atoms with van der Waals surface area (Å²) in [5.74, 6) is 0.859. The largest absolute Gasteiger partial charge is 0.295 e. The Bertz CT molecular complexity index is 870. The Morgan fingerprint density at radius 2 is 1.96 bits per heavy atom. The lowest BCUT2D eigenvalue weighted by Gasteiger charge is -2.34. The summed E-state index contributed by atoms with van der Waals surface area (Å²) >= 11 is 8.80. The fourth-order valence-electron chi connectivity index (χ4n) is 2.97. The zero-order valence-corrected chi connectivity index (χ0v) is 16.5. The van der Waals surface area contributed by atoms with Crippen LogP contribution in [0.1, 0.15) is 10.7 Å². The summed E-state index contributed by atoms with van der Waals surface area (Å²) in [5, 5.41) is 8.69. The molecule has 0 unspecified atom stereocenters. The molecule has 3 aromatic rings. The molecule has 4 rings (SSSR count). The standard InChI is InChI=1S/C16H20N6S3/c1-12-17-13(10-25-12)9-20-4-6-21(7-5-20)11-22-16(23)18-15(19-22)14-3-2-8-24-14/h2-3,8,10H,4-7,9,11H2,1H3,(H,18,19,23). The van der Waals surface area contributed by atoms with Crippen LogP contribution in [0.15, 0.2) is 22.9 Å². The molecule has 25 heavy (non-hydrogen) atoms. The Hall–Kier alpha value is -1.39. The Balaban J connectivity index is 1.33. The SMILES string of the molecule is Cc1nc(CN2CCN(Cn3[nH]c(-c4cccs4)nc3=S)CC2)cs1. The number of H-pyrrole nitrogens is 1. The van der Waals surface area contributed by atoms with Gasteiger partial charge in [-0.15, -0.1) is 22.7 Å². The minimum atomic E-state index is 0.615. The van der Waals surface area contributed by atoms with Crippen molar-refractivity contribution >= 4 is 34.9 Å². The first-order valence-electron chi connectivity index (χ1n) is 8.24. The first-order chi connectivity index (χ1) is 12.2. The maximum absolute atomic E-state index is 5.41. The maximum atomic E-state index is 5.41. The molecule has 0 aromatic carbocycles. The lowest BCUT2D eigenvalue weighted by atomic mass is 10.3. The van der Waals surface area contributed by atoms with Crippen LogP contribution in [0.4, 0.5) is 0 Å². The fraction of sp³-hybridized carbons (Fsp3) is 0.438. The molecule has 1 fully saturated rings. The summed E-state index contributed by atoms with van der Waals surface area (Å²) in [6.07, 6.45) is 0. The van der Waals surface area contributed by atoms with Gasteiger partial charge in [0.05, 0.1) is 22.2 Å². The van der Waals surface area contributed by atoms with Crippen molar-refractivity contribution < 1.29 is 0 Å². The van der Waals surface area contributed by atoms with Gasteiger partial charge in [0, 0.05) is 38.1 Å². The van der Waals surface area contributed by atoms with E-state index in [2.05, 4.69) is 43.2 Å². The van der Waals surface area contributed by atoms with Crippen molar-refractivity contribution in [1.29, 1.82) is 0 Å². The zero-order valence-electron chi connectivity index (χ0n) is 14.0. The molecule has 132 valence electrons. The number of aryl methyl sites for hydroxylation is 1. The number of nitrogens with zero attached hydrogens (tertiary/aromatic N) is 5. The summed E-state index contributed by atoms with van der Waals surface area (Å²) in [6, 6.07) is 4.08. The van der Waals surface area contributed by atoms with Crippen LogP contribution in [0.3, 0.4) is 0 Å². The number of aromatic nitrogens is 4. The highest BCUT2D eigenvalue weighted by molar-refractivity contribution is 7.71. The number of thiophene rings is 1. The van der Waals surface area contributed by atoms with Crippen LogP contribution in [-0.2, 0) is 13.2 Å². The van der Waals surface area contributed by atoms with Crippen LogP contribution < -0.4 is 0 Å². The van der Waals surface area contributed by atoms with E-state index in [1.807, 2.05) is 16.1 Å². The van der Waals surface area contributed by atoms with Crippen molar-refractivity contribution in [2.24, 2.45) is 0 Å². The molecule has 0 atom stereocenters. The second kappa shape index (κ2) is 7.46. The number of thiazole rings is 1. The Labute approximate surface area is 159 Å². The lowest BCUT2D eigenvalue weighted by molar-refractivity contribution is 0.0975. The summed E-state index contributed by atoms with van der Waals surface area (Å²) in [7, 11) is 0. The molecule has 0 amide bonds. The molecule has 0 spiro atoms. The van der Waals surface area contributed by atoms with Gasteiger partial charge in [0.15, 0.2) is 5.82 Å². The third-order valence-corrected chi connectivity index (χ3v) is 6.30. The second-order valence-electron chi connectivity index (χ2n) is 6.15. The van der Waals surface area contributed by atoms with E-state index in [1.54, 1.807) is 22.7 Å². The van der Waals surface area contributed by atoms with E-state index in [4.69, 9.17) is 12.2 Å². The van der Waals surface area contributed by atoms with E-state index in [9.17, 15) is 0 Å². The smallest absolute Gasteiger partial charge is 0.217 e. The molecule has 6 nitrogen and oxygen atoms in total. The number of rotatable bonds is 5. The van der Waals surface area contributed by atoms with Crippen molar-refractivity contribution in [2.45, 2.75) is 20.1 Å². The minimum Gasteiger partial charge on any atom is -0.295 e. The fourth-order valence-corrected chi connectivity index (χ4v) is 4.44. The van der Waals surface area contributed by atoms with E-state index in [0.29, 0.717) is 4.77 Å². The highest BCUT2D eigenvalue weighted by Gasteiger charge is 2.18. The van der Waals surface area contributed by atoms with Crippen LogP contribution in [0, 0.1) is 11.7 Å². The first kappa shape index (κ1) is 17.0. The highest BCUT2D eigenvalue weighted by Crippen LogP contribution is 2.20. The number of hydrogen-bond donors (Lipinski definition) is 1. The van der Waals surface area contributed by atoms with E-state index < -0.39 is 0 Å². The quantitative estimate of drug-likeness (QED) is 0.676. The molecular weight excluding hydrogens is 372 g/mol. The molecular formula is C16H20N6S3. The van der Waals surface area contributed by atoms with E-state index in [0.717, 1.165) is 55.1 Å². The van der Waals surface area contributed by atoms with Gasteiger partial charge in [0.2, 0.25) is 4.77 Å².